The highest BCUT2D eigenvalue weighted by Crippen LogP contribution is 2.17. The molecule has 2 aromatic carbocycles. The Morgan fingerprint density at radius 2 is 1.80 bits per heavy atom. The van der Waals surface area contributed by atoms with Gasteiger partial charge in [0.1, 0.15) is 5.82 Å². The van der Waals surface area contributed by atoms with E-state index in [2.05, 4.69) is 15.6 Å². The number of hydrogen-bond donors (Lipinski definition) is 2. The number of amides is 1. The summed E-state index contributed by atoms with van der Waals surface area (Å²) >= 11 is 0. The molecule has 0 saturated heterocycles. The summed E-state index contributed by atoms with van der Waals surface area (Å²) in [4.78, 5) is 16.4. The molecule has 1 amide bonds. The molecule has 3 rings (SSSR count). The normalized spacial score (nSPS) is 10.3. The first-order valence-electron chi connectivity index (χ1n) is 7.92. The number of benzene rings is 2. The van der Waals surface area contributed by atoms with E-state index in [1.165, 1.54) is 17.8 Å². The molecule has 1 aromatic heterocycles. The van der Waals surface area contributed by atoms with Crippen LogP contribution in [0.1, 0.15) is 21.5 Å². The quantitative estimate of drug-likeness (QED) is 0.735. The zero-order valence-corrected chi connectivity index (χ0v) is 13.8. The van der Waals surface area contributed by atoms with Crippen molar-refractivity contribution < 1.29 is 9.18 Å². The van der Waals surface area contributed by atoms with Gasteiger partial charge in [0.15, 0.2) is 0 Å². The standard InChI is InChI=1S/C20H18FN3O/c1-14-6-8-17(9-7-14)24-18-10-16(11-22-13-18)20(25)23-12-15-4-2-3-5-19(15)21/h2-11,13,24H,12H2,1H3,(H,23,25). The molecular formula is C20H18FN3O. The number of carbonyl (C=O) groups excluding carboxylic acids is 1. The average molecular weight is 335 g/mol. The molecule has 0 aliphatic carbocycles. The monoisotopic (exact) mass is 335 g/mol. The molecule has 126 valence electrons. The van der Waals surface area contributed by atoms with Gasteiger partial charge in [0.05, 0.1) is 17.4 Å². The Hall–Kier alpha value is -3.21. The van der Waals surface area contributed by atoms with E-state index in [0.717, 1.165) is 5.69 Å². The number of aryl methyl sites for hydroxylation is 1. The van der Waals surface area contributed by atoms with Gasteiger partial charge in [-0.1, -0.05) is 35.9 Å². The number of aromatic nitrogens is 1. The van der Waals surface area contributed by atoms with Gasteiger partial charge in [0, 0.05) is 24.0 Å². The Bertz CT molecular complexity index is 878. The van der Waals surface area contributed by atoms with Crippen LogP contribution in [0.25, 0.3) is 0 Å². The van der Waals surface area contributed by atoms with E-state index in [1.807, 2.05) is 31.2 Å². The maximum absolute atomic E-state index is 13.6. The summed E-state index contributed by atoms with van der Waals surface area (Å²) < 4.78 is 13.6. The minimum Gasteiger partial charge on any atom is -0.354 e. The topological polar surface area (TPSA) is 54.0 Å². The number of nitrogens with zero attached hydrogens (tertiary/aromatic N) is 1. The van der Waals surface area contributed by atoms with Gasteiger partial charge < -0.3 is 10.6 Å². The lowest BCUT2D eigenvalue weighted by Crippen LogP contribution is -2.23. The molecule has 2 N–H and O–H groups in total. The average Bonchev–Trinajstić information content (AvgIpc) is 2.63. The number of rotatable bonds is 5. The van der Waals surface area contributed by atoms with Crippen molar-refractivity contribution in [3.05, 3.63) is 89.5 Å². The number of hydrogen-bond acceptors (Lipinski definition) is 3. The number of nitrogens with one attached hydrogen (secondary N) is 2. The fourth-order valence-corrected chi connectivity index (χ4v) is 2.36. The van der Waals surface area contributed by atoms with Crippen LogP contribution in [0.4, 0.5) is 15.8 Å². The second kappa shape index (κ2) is 7.57. The van der Waals surface area contributed by atoms with Crippen molar-refractivity contribution in [1.29, 1.82) is 0 Å². The molecule has 0 bridgehead atoms. The first-order valence-corrected chi connectivity index (χ1v) is 7.92. The molecule has 0 aliphatic rings. The van der Waals surface area contributed by atoms with Crippen LogP contribution in [0.5, 0.6) is 0 Å². The first kappa shape index (κ1) is 16.6. The Kier molecular flexibility index (Phi) is 5.04. The van der Waals surface area contributed by atoms with Crippen LogP contribution in [-0.2, 0) is 6.54 Å². The molecule has 0 atom stereocenters. The summed E-state index contributed by atoms with van der Waals surface area (Å²) in [5.74, 6) is -0.640. The number of anilines is 2. The van der Waals surface area contributed by atoms with Crippen LogP contribution in [0, 0.1) is 12.7 Å². The Labute approximate surface area is 145 Å². The predicted molar refractivity (Wildman–Crippen MR) is 96.3 cm³/mol. The molecule has 1 heterocycles. The maximum Gasteiger partial charge on any atom is 0.253 e. The van der Waals surface area contributed by atoms with Gasteiger partial charge in [0.2, 0.25) is 0 Å². The Balaban J connectivity index is 1.67. The van der Waals surface area contributed by atoms with Gasteiger partial charge in [0.25, 0.3) is 5.91 Å². The smallest absolute Gasteiger partial charge is 0.253 e. The zero-order valence-electron chi connectivity index (χ0n) is 13.8. The van der Waals surface area contributed by atoms with E-state index in [-0.39, 0.29) is 18.3 Å². The summed E-state index contributed by atoms with van der Waals surface area (Å²) in [6.07, 6.45) is 3.13. The fraction of sp³-hybridized carbons (Fsp3) is 0.100. The Morgan fingerprint density at radius 1 is 1.04 bits per heavy atom. The highest BCUT2D eigenvalue weighted by molar-refractivity contribution is 5.94. The van der Waals surface area contributed by atoms with Crippen molar-refractivity contribution in [2.75, 3.05) is 5.32 Å². The number of carbonyl (C=O) groups is 1. The van der Waals surface area contributed by atoms with E-state index in [9.17, 15) is 9.18 Å². The number of pyridine rings is 1. The van der Waals surface area contributed by atoms with E-state index < -0.39 is 0 Å². The van der Waals surface area contributed by atoms with Crippen molar-refractivity contribution in [2.24, 2.45) is 0 Å². The van der Waals surface area contributed by atoms with Gasteiger partial charge in [-0.2, -0.15) is 0 Å². The molecular weight excluding hydrogens is 317 g/mol. The van der Waals surface area contributed by atoms with Crippen LogP contribution in [0.15, 0.2) is 67.0 Å². The lowest BCUT2D eigenvalue weighted by Gasteiger charge is -2.09. The predicted octanol–water partition coefficient (Wildman–Crippen LogP) is 4.20. The van der Waals surface area contributed by atoms with Gasteiger partial charge in [-0.25, -0.2) is 4.39 Å². The lowest BCUT2D eigenvalue weighted by atomic mass is 10.2. The van der Waals surface area contributed by atoms with Crippen LogP contribution in [0.2, 0.25) is 0 Å². The highest BCUT2D eigenvalue weighted by Gasteiger charge is 2.08. The van der Waals surface area contributed by atoms with E-state index in [4.69, 9.17) is 0 Å². The van der Waals surface area contributed by atoms with Gasteiger partial charge in [-0.15, -0.1) is 0 Å². The summed E-state index contributed by atoms with van der Waals surface area (Å²) in [6.45, 7) is 2.15. The summed E-state index contributed by atoms with van der Waals surface area (Å²) in [7, 11) is 0. The molecule has 4 nitrogen and oxygen atoms in total. The number of halogens is 1. The van der Waals surface area contributed by atoms with E-state index >= 15 is 0 Å². The molecule has 0 saturated carbocycles. The fourth-order valence-electron chi connectivity index (χ4n) is 2.36. The SMILES string of the molecule is Cc1ccc(Nc2cncc(C(=O)NCc3ccccc3F)c2)cc1. The summed E-state index contributed by atoms with van der Waals surface area (Å²) in [5, 5.41) is 5.91. The van der Waals surface area contributed by atoms with Crippen molar-refractivity contribution in [2.45, 2.75) is 13.5 Å². The molecule has 3 aromatic rings. The molecule has 0 fully saturated rings. The van der Waals surface area contributed by atoms with Crippen LogP contribution in [-0.4, -0.2) is 10.9 Å². The zero-order chi connectivity index (χ0) is 17.6. The molecule has 0 spiro atoms. The van der Waals surface area contributed by atoms with Crippen molar-refractivity contribution in [3.8, 4) is 0 Å². The summed E-state index contributed by atoms with van der Waals surface area (Å²) in [5.41, 5.74) is 3.65. The second-order valence-corrected chi connectivity index (χ2v) is 5.73. The molecule has 25 heavy (non-hydrogen) atoms. The molecule has 0 radical (unpaired) electrons. The third-order valence-electron chi connectivity index (χ3n) is 3.74. The first-order chi connectivity index (χ1) is 12.1. The molecule has 0 unspecified atom stereocenters. The molecule has 5 heteroatoms. The third kappa shape index (κ3) is 4.41. The maximum atomic E-state index is 13.6. The largest absolute Gasteiger partial charge is 0.354 e. The van der Waals surface area contributed by atoms with Gasteiger partial charge in [-0.05, 0) is 31.2 Å². The van der Waals surface area contributed by atoms with Crippen molar-refractivity contribution >= 4 is 17.3 Å². The van der Waals surface area contributed by atoms with E-state index in [1.54, 1.807) is 30.5 Å². The van der Waals surface area contributed by atoms with E-state index in [0.29, 0.717) is 16.8 Å². The second-order valence-electron chi connectivity index (χ2n) is 5.73. The van der Waals surface area contributed by atoms with Crippen LogP contribution < -0.4 is 10.6 Å². The van der Waals surface area contributed by atoms with Crippen molar-refractivity contribution in [1.82, 2.24) is 10.3 Å². The van der Waals surface area contributed by atoms with Crippen LogP contribution in [0.3, 0.4) is 0 Å². The van der Waals surface area contributed by atoms with Crippen molar-refractivity contribution in [3.63, 3.8) is 0 Å². The minimum atomic E-state index is -0.337. The Morgan fingerprint density at radius 3 is 2.56 bits per heavy atom. The third-order valence-corrected chi connectivity index (χ3v) is 3.74. The van der Waals surface area contributed by atoms with Crippen LogP contribution >= 0.6 is 0 Å². The lowest BCUT2D eigenvalue weighted by molar-refractivity contribution is 0.0950. The molecule has 0 aliphatic heterocycles. The van der Waals surface area contributed by atoms with Gasteiger partial charge >= 0.3 is 0 Å². The highest BCUT2D eigenvalue weighted by atomic mass is 19.1. The minimum absolute atomic E-state index is 0.126. The summed E-state index contributed by atoms with van der Waals surface area (Å²) in [6, 6.07) is 16.0. The van der Waals surface area contributed by atoms with Gasteiger partial charge in [-0.3, -0.25) is 9.78 Å².